The molecule has 146 valence electrons. The van der Waals surface area contributed by atoms with Gasteiger partial charge in [0.2, 0.25) is 0 Å². The summed E-state index contributed by atoms with van der Waals surface area (Å²) in [6.07, 6.45) is -2.02. The van der Waals surface area contributed by atoms with Crippen molar-refractivity contribution in [3.8, 4) is 0 Å². The normalized spacial score (nSPS) is 43.9. The molecule has 0 amide bonds. The van der Waals surface area contributed by atoms with Crippen LogP contribution in [0.1, 0.15) is 6.92 Å². The maximum atomic E-state index is 11.1. The molecule has 0 aromatic carbocycles. The molecule has 4 aliphatic rings. The summed E-state index contributed by atoms with van der Waals surface area (Å²) in [7, 11) is 3.25. The number of nitrogens with zero attached hydrogens (tertiary/aromatic N) is 1. The van der Waals surface area contributed by atoms with Gasteiger partial charge in [-0.1, -0.05) is 21.6 Å². The summed E-state index contributed by atoms with van der Waals surface area (Å²) < 4.78 is 28.1. The molecule has 1 unspecified atom stereocenters. The lowest BCUT2D eigenvalue weighted by molar-refractivity contribution is -0.769. The van der Waals surface area contributed by atoms with Gasteiger partial charge in [0.1, 0.15) is 24.4 Å². The van der Waals surface area contributed by atoms with Crippen LogP contribution in [-0.2, 0) is 33.3 Å². The van der Waals surface area contributed by atoms with Crippen molar-refractivity contribution in [1.82, 2.24) is 0 Å². The Bertz CT molecular complexity index is 519. The summed E-state index contributed by atoms with van der Waals surface area (Å²) in [5, 5.41) is 9.88. The van der Waals surface area contributed by atoms with Gasteiger partial charge in [0.15, 0.2) is 12.2 Å². The molecule has 0 spiro atoms. The summed E-state index contributed by atoms with van der Waals surface area (Å²) in [6, 6.07) is 0. The van der Waals surface area contributed by atoms with Gasteiger partial charge < -0.3 is 28.5 Å². The second kappa shape index (κ2) is 7.68. The molecule has 0 N–H and O–H groups in total. The standard InChI is InChI=1S/C14H19NO9S2/c1-6(16)23-7-2-19-13-9(4-21-11(7)13)25-26-10-5-22-12-8(24-15(17)18)3-20-14(10)12/h7-14H,2-5H2,1H3/t7-,8-,9?,10+,11-,12-,13-,14-/m1/s1. The molecule has 12 heteroatoms. The molecule has 4 fully saturated rings. The van der Waals surface area contributed by atoms with Crippen LogP contribution in [0.2, 0.25) is 0 Å². The van der Waals surface area contributed by atoms with E-state index >= 15 is 0 Å². The number of carbonyl (C=O) groups is 1. The molecule has 10 nitrogen and oxygen atoms in total. The van der Waals surface area contributed by atoms with Crippen molar-refractivity contribution in [1.29, 1.82) is 0 Å². The lowest BCUT2D eigenvalue weighted by Crippen LogP contribution is -2.33. The Morgan fingerprint density at radius 3 is 1.96 bits per heavy atom. The fourth-order valence-electron chi connectivity index (χ4n) is 3.68. The van der Waals surface area contributed by atoms with Gasteiger partial charge in [0.25, 0.3) is 5.09 Å². The first-order valence-electron chi connectivity index (χ1n) is 8.30. The fourth-order valence-corrected chi connectivity index (χ4v) is 6.77. The Hall–Kier alpha value is -0.790. The minimum Gasteiger partial charge on any atom is -0.457 e. The van der Waals surface area contributed by atoms with Gasteiger partial charge in [-0.15, -0.1) is 10.1 Å². The SMILES string of the molecule is CC(=O)O[C@@H]1CO[C@@H]2C(SS[C@H]3CO[C@H]4[C@@H]3OC[C@H]4O[N+](=O)[O-])CO[C@@H]21. The van der Waals surface area contributed by atoms with Crippen LogP contribution in [-0.4, -0.2) is 84.6 Å². The third kappa shape index (κ3) is 3.62. The summed E-state index contributed by atoms with van der Waals surface area (Å²) in [5.74, 6) is -0.340. The predicted octanol–water partition coefficient (Wildman–Crippen LogP) is 0.209. The van der Waals surface area contributed by atoms with E-state index in [1.807, 2.05) is 0 Å². The van der Waals surface area contributed by atoms with Crippen LogP contribution in [0.4, 0.5) is 0 Å². The van der Waals surface area contributed by atoms with Gasteiger partial charge in [-0.2, -0.15) is 0 Å². The molecule has 4 saturated heterocycles. The van der Waals surface area contributed by atoms with Crippen LogP contribution in [0.25, 0.3) is 0 Å². The van der Waals surface area contributed by atoms with E-state index in [0.29, 0.717) is 19.8 Å². The highest BCUT2D eigenvalue weighted by Gasteiger charge is 2.52. The van der Waals surface area contributed by atoms with Crippen LogP contribution >= 0.6 is 21.6 Å². The van der Waals surface area contributed by atoms with E-state index in [2.05, 4.69) is 4.84 Å². The van der Waals surface area contributed by atoms with Crippen molar-refractivity contribution in [3.05, 3.63) is 10.1 Å². The van der Waals surface area contributed by atoms with Gasteiger partial charge >= 0.3 is 5.97 Å². The van der Waals surface area contributed by atoms with E-state index in [1.165, 1.54) is 6.92 Å². The fraction of sp³-hybridized carbons (Fsp3) is 0.929. The minimum atomic E-state index is -0.804. The van der Waals surface area contributed by atoms with E-state index in [9.17, 15) is 14.9 Å². The molecule has 0 bridgehead atoms. The molecule has 4 aliphatic heterocycles. The van der Waals surface area contributed by atoms with Crippen molar-refractivity contribution in [2.75, 3.05) is 26.4 Å². The predicted molar refractivity (Wildman–Crippen MR) is 89.1 cm³/mol. The van der Waals surface area contributed by atoms with E-state index in [0.717, 1.165) is 0 Å². The quantitative estimate of drug-likeness (QED) is 0.259. The van der Waals surface area contributed by atoms with Gasteiger partial charge in [-0.3, -0.25) is 4.79 Å². The molecule has 0 radical (unpaired) electrons. The van der Waals surface area contributed by atoms with Crippen LogP contribution < -0.4 is 0 Å². The Morgan fingerprint density at radius 1 is 0.923 bits per heavy atom. The smallest absolute Gasteiger partial charge is 0.303 e. The first kappa shape index (κ1) is 18.6. The number of rotatable bonds is 6. The van der Waals surface area contributed by atoms with E-state index in [-0.39, 0.29) is 47.5 Å². The number of hydrogen-bond donors (Lipinski definition) is 0. The number of carbonyl (C=O) groups excluding carboxylic acids is 1. The molecule has 26 heavy (non-hydrogen) atoms. The van der Waals surface area contributed by atoms with Gasteiger partial charge in [0, 0.05) is 6.92 Å². The molecule has 0 aromatic heterocycles. The zero-order valence-corrected chi connectivity index (χ0v) is 15.5. The average Bonchev–Trinajstić information content (AvgIpc) is 3.30. The number of ether oxygens (including phenoxy) is 5. The van der Waals surface area contributed by atoms with Crippen LogP contribution in [0, 0.1) is 10.1 Å². The first-order chi connectivity index (χ1) is 12.5. The second-order valence-electron chi connectivity index (χ2n) is 6.48. The maximum absolute atomic E-state index is 11.1. The van der Waals surface area contributed by atoms with Crippen LogP contribution in [0.15, 0.2) is 0 Å². The Kier molecular flexibility index (Phi) is 5.48. The number of esters is 1. The third-order valence-corrected chi connectivity index (χ3v) is 8.00. The van der Waals surface area contributed by atoms with Gasteiger partial charge in [-0.25, -0.2) is 0 Å². The Balaban J connectivity index is 1.27. The second-order valence-corrected chi connectivity index (χ2v) is 9.23. The van der Waals surface area contributed by atoms with Crippen molar-refractivity contribution >= 4 is 27.6 Å². The number of hydrogen-bond acceptors (Lipinski definition) is 11. The van der Waals surface area contributed by atoms with E-state index in [1.54, 1.807) is 21.6 Å². The van der Waals surface area contributed by atoms with E-state index in [4.69, 9.17) is 23.7 Å². The van der Waals surface area contributed by atoms with Crippen LogP contribution in [0.5, 0.6) is 0 Å². The van der Waals surface area contributed by atoms with Gasteiger partial charge in [-0.05, 0) is 0 Å². The average molecular weight is 409 g/mol. The van der Waals surface area contributed by atoms with Crippen molar-refractivity contribution in [2.45, 2.75) is 54.0 Å². The third-order valence-electron chi connectivity index (χ3n) is 4.77. The Labute approximate surface area is 157 Å². The lowest BCUT2D eigenvalue weighted by atomic mass is 10.1. The summed E-state index contributed by atoms with van der Waals surface area (Å²) in [5.41, 5.74) is 0. The van der Waals surface area contributed by atoms with Crippen molar-refractivity contribution in [2.24, 2.45) is 0 Å². The zero-order chi connectivity index (χ0) is 18.3. The molecule has 0 aromatic rings. The highest BCUT2D eigenvalue weighted by Crippen LogP contribution is 2.45. The zero-order valence-electron chi connectivity index (χ0n) is 13.9. The summed E-state index contributed by atoms with van der Waals surface area (Å²) >= 11 is 0. The largest absolute Gasteiger partial charge is 0.457 e. The molecule has 4 rings (SSSR count). The molecule has 4 heterocycles. The highest BCUT2D eigenvalue weighted by atomic mass is 33.1. The highest BCUT2D eigenvalue weighted by molar-refractivity contribution is 8.77. The maximum Gasteiger partial charge on any atom is 0.303 e. The first-order valence-corrected chi connectivity index (χ1v) is 10.6. The minimum absolute atomic E-state index is 0.0510. The molecular weight excluding hydrogens is 390 g/mol. The monoisotopic (exact) mass is 409 g/mol. The van der Waals surface area contributed by atoms with Crippen molar-refractivity contribution in [3.63, 3.8) is 0 Å². The lowest BCUT2D eigenvalue weighted by Gasteiger charge is -2.19. The van der Waals surface area contributed by atoms with Gasteiger partial charge in [0.05, 0.1) is 36.9 Å². The van der Waals surface area contributed by atoms with E-state index < -0.39 is 17.3 Å². The summed E-state index contributed by atoms with van der Waals surface area (Å²) in [6.45, 7) is 2.83. The molecule has 8 atom stereocenters. The number of fused-ring (bicyclic) bond motifs is 2. The molecular formula is C14H19NO9S2. The molecule has 0 aliphatic carbocycles. The molecule has 0 saturated carbocycles. The van der Waals surface area contributed by atoms with Crippen molar-refractivity contribution < 1.29 is 38.4 Å². The summed E-state index contributed by atoms with van der Waals surface area (Å²) in [4.78, 5) is 26.3. The topological polar surface area (TPSA) is 116 Å². The van der Waals surface area contributed by atoms with Crippen LogP contribution in [0.3, 0.4) is 0 Å². The Morgan fingerprint density at radius 2 is 1.42 bits per heavy atom.